The summed E-state index contributed by atoms with van der Waals surface area (Å²) in [6.07, 6.45) is 15.5. The molecule has 0 aliphatic carbocycles. The van der Waals surface area contributed by atoms with E-state index in [1.165, 1.54) is 24.0 Å². The Morgan fingerprint density at radius 3 is 2.31 bits per heavy atom. The maximum atomic E-state index is 2.28. The van der Waals surface area contributed by atoms with Crippen LogP contribution in [-0.2, 0) is 0 Å². The molecule has 0 aromatic carbocycles. The summed E-state index contributed by atoms with van der Waals surface area (Å²) in [7, 11) is 0. The van der Waals surface area contributed by atoms with E-state index in [0.717, 1.165) is 0 Å². The minimum atomic E-state index is 0.691. The Morgan fingerprint density at radius 2 is 1.75 bits per heavy atom. The second-order valence-corrected chi connectivity index (χ2v) is 4.66. The van der Waals surface area contributed by atoms with Crippen molar-refractivity contribution in [3.63, 3.8) is 0 Å². The monoisotopic (exact) mass is 218 g/mol. The van der Waals surface area contributed by atoms with Crippen molar-refractivity contribution in [1.82, 2.24) is 0 Å². The summed E-state index contributed by atoms with van der Waals surface area (Å²) in [5, 5.41) is 0. The van der Waals surface area contributed by atoms with Crippen LogP contribution in [0.25, 0.3) is 0 Å². The van der Waals surface area contributed by atoms with E-state index in [1.54, 1.807) is 0 Å². The number of hydrogen-bond acceptors (Lipinski definition) is 0. The quantitative estimate of drug-likeness (QED) is 0.520. The second kappa shape index (κ2) is 9.21. The van der Waals surface area contributed by atoms with E-state index in [1.807, 2.05) is 0 Å². The highest BCUT2D eigenvalue weighted by molar-refractivity contribution is 5.25. The van der Waals surface area contributed by atoms with Crippen LogP contribution in [-0.4, -0.2) is 0 Å². The van der Waals surface area contributed by atoms with Crippen molar-refractivity contribution in [3.8, 4) is 0 Å². The van der Waals surface area contributed by atoms with Gasteiger partial charge in [-0.3, -0.25) is 0 Å². The summed E-state index contributed by atoms with van der Waals surface area (Å²) in [6, 6.07) is 0. The minimum absolute atomic E-state index is 0.691. The van der Waals surface area contributed by atoms with Gasteiger partial charge in [-0.25, -0.2) is 0 Å². The van der Waals surface area contributed by atoms with Gasteiger partial charge in [0.1, 0.15) is 0 Å². The van der Waals surface area contributed by atoms with Gasteiger partial charge >= 0.3 is 0 Å². The van der Waals surface area contributed by atoms with Crippen LogP contribution in [0.3, 0.4) is 0 Å². The van der Waals surface area contributed by atoms with Crippen molar-refractivity contribution < 1.29 is 0 Å². The van der Waals surface area contributed by atoms with Crippen LogP contribution in [0.2, 0.25) is 0 Å². The molecule has 16 heavy (non-hydrogen) atoms. The molecule has 0 amide bonds. The van der Waals surface area contributed by atoms with Crippen LogP contribution in [0, 0.1) is 5.92 Å². The lowest BCUT2D eigenvalue weighted by Crippen LogP contribution is -1.86. The molecule has 0 fully saturated rings. The van der Waals surface area contributed by atoms with E-state index in [0.29, 0.717) is 5.92 Å². The molecule has 1 unspecified atom stereocenters. The highest BCUT2D eigenvalue weighted by atomic mass is 14.0. The van der Waals surface area contributed by atoms with Crippen LogP contribution in [0.4, 0.5) is 0 Å². The van der Waals surface area contributed by atoms with Crippen molar-refractivity contribution in [2.45, 2.75) is 47.5 Å². The first-order chi connectivity index (χ1) is 7.56. The molecule has 0 aromatic heterocycles. The van der Waals surface area contributed by atoms with Gasteiger partial charge in [-0.1, -0.05) is 67.9 Å². The third kappa shape index (κ3) is 9.51. The normalized spacial score (nSPS) is 14.7. The van der Waals surface area contributed by atoms with Gasteiger partial charge in [0.25, 0.3) is 0 Å². The summed E-state index contributed by atoms with van der Waals surface area (Å²) in [5.41, 5.74) is 2.62. The summed E-state index contributed by atoms with van der Waals surface area (Å²) in [6.45, 7) is 10.8. The summed E-state index contributed by atoms with van der Waals surface area (Å²) in [5.74, 6) is 0.691. The molecule has 0 radical (unpaired) electrons. The van der Waals surface area contributed by atoms with Crippen LogP contribution in [0.5, 0.6) is 0 Å². The molecule has 0 heteroatoms. The van der Waals surface area contributed by atoms with Crippen molar-refractivity contribution in [1.29, 1.82) is 0 Å². The smallest absolute Gasteiger partial charge is 0.0259 e. The van der Waals surface area contributed by atoms with E-state index in [2.05, 4.69) is 71.1 Å². The lowest BCUT2D eigenvalue weighted by molar-refractivity contribution is 0.634. The van der Waals surface area contributed by atoms with E-state index >= 15 is 0 Å². The van der Waals surface area contributed by atoms with Crippen LogP contribution >= 0.6 is 0 Å². The van der Waals surface area contributed by atoms with E-state index in [4.69, 9.17) is 0 Å². The fourth-order valence-electron chi connectivity index (χ4n) is 1.40. The average Bonchev–Trinajstić information content (AvgIpc) is 2.17. The van der Waals surface area contributed by atoms with Gasteiger partial charge in [-0.05, 0) is 33.1 Å². The Kier molecular flexibility index (Phi) is 8.61. The first kappa shape index (κ1) is 15.0. The maximum absolute atomic E-state index is 2.28. The molecule has 0 spiro atoms. The number of rotatable bonds is 6. The number of hydrogen-bond donors (Lipinski definition) is 0. The standard InChI is InChI=1S/C16H26/c1-6-9-15(4)12-8-13-16(5)11-7-10-14(2)3/h7-8,10-13,15H,6,9H2,1-5H3/b11-7+,12-8+,16-13+. The molecule has 0 rings (SSSR count). The Labute approximate surface area is 101 Å². The topological polar surface area (TPSA) is 0 Å². The molecule has 0 saturated heterocycles. The predicted molar refractivity (Wildman–Crippen MR) is 75.5 cm³/mol. The SMILES string of the molecule is CCCC(C)/C=C/C=C(C)/C=C/C=C(C)C. The molecule has 90 valence electrons. The van der Waals surface area contributed by atoms with E-state index < -0.39 is 0 Å². The van der Waals surface area contributed by atoms with Gasteiger partial charge in [0.05, 0.1) is 0 Å². The lowest BCUT2D eigenvalue weighted by atomic mass is 10.1. The third-order valence-corrected chi connectivity index (χ3v) is 2.33. The lowest BCUT2D eigenvalue weighted by Gasteiger charge is -2.00. The van der Waals surface area contributed by atoms with Crippen LogP contribution in [0.15, 0.2) is 47.6 Å². The summed E-state index contributed by atoms with van der Waals surface area (Å²) < 4.78 is 0. The average molecular weight is 218 g/mol. The van der Waals surface area contributed by atoms with E-state index in [-0.39, 0.29) is 0 Å². The zero-order valence-corrected chi connectivity index (χ0v) is 11.5. The zero-order chi connectivity index (χ0) is 12.4. The van der Waals surface area contributed by atoms with Gasteiger partial charge in [0.15, 0.2) is 0 Å². The highest BCUT2D eigenvalue weighted by Crippen LogP contribution is 2.07. The molecule has 1 atom stereocenters. The largest absolute Gasteiger partial charge is 0.0817 e. The molecule has 0 aliphatic rings. The Hall–Kier alpha value is -1.04. The van der Waals surface area contributed by atoms with Crippen LogP contribution in [0.1, 0.15) is 47.5 Å². The van der Waals surface area contributed by atoms with Crippen molar-refractivity contribution in [3.05, 3.63) is 47.6 Å². The highest BCUT2D eigenvalue weighted by Gasteiger charge is 1.91. The van der Waals surface area contributed by atoms with Crippen LogP contribution < -0.4 is 0 Å². The first-order valence-electron chi connectivity index (χ1n) is 6.23. The third-order valence-electron chi connectivity index (χ3n) is 2.33. The van der Waals surface area contributed by atoms with Gasteiger partial charge in [-0.15, -0.1) is 0 Å². The molecule has 0 aromatic rings. The van der Waals surface area contributed by atoms with E-state index in [9.17, 15) is 0 Å². The summed E-state index contributed by atoms with van der Waals surface area (Å²) in [4.78, 5) is 0. The molecular formula is C16H26. The summed E-state index contributed by atoms with van der Waals surface area (Å²) >= 11 is 0. The molecule has 0 bridgehead atoms. The molecule has 0 nitrogen and oxygen atoms in total. The second-order valence-electron chi connectivity index (χ2n) is 4.66. The zero-order valence-electron chi connectivity index (χ0n) is 11.5. The van der Waals surface area contributed by atoms with Crippen molar-refractivity contribution in [2.24, 2.45) is 5.92 Å². The molecule has 0 aliphatic heterocycles. The molecule has 0 heterocycles. The van der Waals surface area contributed by atoms with Crippen molar-refractivity contribution >= 4 is 0 Å². The van der Waals surface area contributed by atoms with Gasteiger partial charge in [0.2, 0.25) is 0 Å². The van der Waals surface area contributed by atoms with Gasteiger partial charge < -0.3 is 0 Å². The Morgan fingerprint density at radius 1 is 1.06 bits per heavy atom. The first-order valence-corrected chi connectivity index (χ1v) is 6.23. The molecule has 0 N–H and O–H groups in total. The molecular weight excluding hydrogens is 192 g/mol. The Balaban J connectivity index is 4.13. The number of allylic oxidation sites excluding steroid dienone is 8. The minimum Gasteiger partial charge on any atom is -0.0817 e. The maximum Gasteiger partial charge on any atom is -0.0259 e. The van der Waals surface area contributed by atoms with Crippen molar-refractivity contribution in [2.75, 3.05) is 0 Å². The Bertz CT molecular complexity index is 283. The van der Waals surface area contributed by atoms with Gasteiger partial charge in [-0.2, -0.15) is 0 Å². The molecule has 0 saturated carbocycles. The predicted octanol–water partition coefficient (Wildman–Crippen LogP) is 5.45. The fourth-order valence-corrected chi connectivity index (χ4v) is 1.40. The van der Waals surface area contributed by atoms with Gasteiger partial charge in [0, 0.05) is 0 Å². The fraction of sp³-hybridized carbons (Fsp3) is 0.500.